The van der Waals surface area contributed by atoms with Gasteiger partial charge in [-0.1, -0.05) is 56.3 Å². The van der Waals surface area contributed by atoms with Crippen molar-refractivity contribution in [2.24, 2.45) is 28.2 Å². The molecule has 30 heavy (non-hydrogen) atoms. The number of amides is 1. The number of aliphatic imine (C=N–C) groups is 1. The van der Waals surface area contributed by atoms with Crippen LogP contribution in [0.4, 0.5) is 0 Å². The van der Waals surface area contributed by atoms with E-state index in [4.69, 9.17) is 16.0 Å². The molecule has 158 valence electrons. The van der Waals surface area contributed by atoms with E-state index in [1.165, 1.54) is 18.2 Å². The summed E-state index contributed by atoms with van der Waals surface area (Å²) in [5.74, 6) is 2.72. The average molecular weight is 445 g/mol. The van der Waals surface area contributed by atoms with Crippen LogP contribution >= 0.6 is 23.4 Å². The van der Waals surface area contributed by atoms with Crippen molar-refractivity contribution in [1.29, 1.82) is 0 Å². The van der Waals surface area contributed by atoms with Crippen LogP contribution in [0.2, 0.25) is 5.02 Å². The predicted molar refractivity (Wildman–Crippen MR) is 118 cm³/mol. The third-order valence-corrected chi connectivity index (χ3v) is 8.75. The third kappa shape index (κ3) is 3.36. The van der Waals surface area contributed by atoms with Crippen LogP contribution in [0.15, 0.2) is 33.7 Å². The lowest BCUT2D eigenvalue weighted by Gasteiger charge is -2.62. The molecule has 8 heteroatoms. The van der Waals surface area contributed by atoms with Gasteiger partial charge in [-0.2, -0.15) is 4.99 Å². The smallest absolute Gasteiger partial charge is 0.262 e. The third-order valence-electron chi connectivity index (χ3n) is 7.34. The first kappa shape index (κ1) is 20.1. The van der Waals surface area contributed by atoms with Crippen molar-refractivity contribution in [3.8, 4) is 11.5 Å². The minimum absolute atomic E-state index is 0.144. The highest BCUT2D eigenvalue weighted by Gasteiger charge is 2.56. The van der Waals surface area contributed by atoms with Crippen molar-refractivity contribution in [2.45, 2.75) is 51.3 Å². The quantitative estimate of drug-likeness (QED) is 0.742. The van der Waals surface area contributed by atoms with Crippen LogP contribution in [0.3, 0.4) is 0 Å². The number of nitrogens with zero attached hydrogens (tertiary/aromatic N) is 3. The molecule has 2 heterocycles. The van der Waals surface area contributed by atoms with Crippen LogP contribution < -0.4 is 5.32 Å². The summed E-state index contributed by atoms with van der Waals surface area (Å²) in [4.78, 5) is 16.7. The first-order valence-electron chi connectivity index (χ1n) is 10.5. The molecule has 3 saturated carbocycles. The fourth-order valence-corrected chi connectivity index (χ4v) is 6.54. The standard InChI is InChI=1S/C22H25ClN4O2S/c1-11-14-8-12(22(14,2)3)9-16(11)24-21-25-19(28)17(30-21)10-18-26-27-20(29-18)13-6-4-5-7-15(13)23/h4-7,11-12,14,16-17H,8-10H2,1-3H3,(H,24,25,28)/t11-,12+,14-,16-,17?/m1/s1. The summed E-state index contributed by atoms with van der Waals surface area (Å²) in [5, 5.41) is 12.7. The highest BCUT2D eigenvalue weighted by molar-refractivity contribution is 8.15. The molecule has 1 aromatic carbocycles. The zero-order chi connectivity index (χ0) is 21.0. The summed E-state index contributed by atoms with van der Waals surface area (Å²) in [5.41, 5.74) is 1.13. The second-order valence-corrected chi connectivity index (χ2v) is 10.9. The summed E-state index contributed by atoms with van der Waals surface area (Å²) in [6.45, 7) is 7.11. The van der Waals surface area contributed by atoms with Crippen LogP contribution in [0.5, 0.6) is 0 Å². The number of carbonyl (C=O) groups is 1. The lowest BCUT2D eigenvalue weighted by Crippen LogP contribution is -2.60. The maximum absolute atomic E-state index is 12.5. The van der Waals surface area contributed by atoms with Crippen LogP contribution in [-0.2, 0) is 11.2 Å². The Hall–Kier alpha value is -1.86. The minimum Gasteiger partial charge on any atom is -0.421 e. The zero-order valence-corrected chi connectivity index (χ0v) is 18.8. The first-order valence-corrected chi connectivity index (χ1v) is 11.7. The van der Waals surface area contributed by atoms with Gasteiger partial charge in [-0.05, 0) is 48.1 Å². The van der Waals surface area contributed by atoms with Gasteiger partial charge in [-0.15, -0.1) is 10.2 Å². The molecular formula is C22H25ClN4O2S. The predicted octanol–water partition coefficient (Wildman–Crippen LogP) is 4.59. The van der Waals surface area contributed by atoms with Crippen molar-refractivity contribution < 1.29 is 9.21 Å². The van der Waals surface area contributed by atoms with Gasteiger partial charge in [0.15, 0.2) is 5.17 Å². The molecule has 1 aliphatic heterocycles. The Labute approximate surface area is 185 Å². The van der Waals surface area contributed by atoms with Crippen LogP contribution in [-0.4, -0.2) is 32.6 Å². The molecular weight excluding hydrogens is 420 g/mol. The monoisotopic (exact) mass is 444 g/mol. The van der Waals surface area contributed by atoms with Gasteiger partial charge < -0.3 is 9.73 Å². The van der Waals surface area contributed by atoms with Gasteiger partial charge in [0, 0.05) is 12.5 Å². The van der Waals surface area contributed by atoms with Gasteiger partial charge in [0.05, 0.1) is 10.6 Å². The van der Waals surface area contributed by atoms with Gasteiger partial charge in [-0.3, -0.25) is 4.79 Å². The largest absolute Gasteiger partial charge is 0.421 e. The number of fused-ring (bicyclic) bond motifs is 2. The fraction of sp³-hybridized carbons (Fsp3) is 0.545. The van der Waals surface area contributed by atoms with E-state index in [9.17, 15) is 4.79 Å². The number of hydrogen-bond acceptors (Lipinski definition) is 6. The fourth-order valence-electron chi connectivity index (χ4n) is 5.32. The molecule has 3 fully saturated rings. The summed E-state index contributed by atoms with van der Waals surface area (Å²) in [6, 6.07) is 7.71. The van der Waals surface area contributed by atoms with Gasteiger partial charge in [0.25, 0.3) is 5.91 Å². The number of halogens is 1. The Balaban J connectivity index is 1.21. The molecule has 1 unspecified atom stereocenters. The number of benzene rings is 1. The van der Waals surface area contributed by atoms with E-state index in [0.29, 0.717) is 46.2 Å². The Morgan fingerprint density at radius 1 is 1.27 bits per heavy atom. The van der Waals surface area contributed by atoms with Crippen molar-refractivity contribution >= 4 is 34.4 Å². The van der Waals surface area contributed by atoms with Gasteiger partial charge in [-0.25, -0.2) is 0 Å². The Morgan fingerprint density at radius 3 is 2.80 bits per heavy atom. The molecule has 3 aliphatic carbocycles. The van der Waals surface area contributed by atoms with E-state index < -0.39 is 0 Å². The Bertz CT molecular complexity index is 1020. The molecule has 1 amide bonds. The molecule has 2 aromatic rings. The summed E-state index contributed by atoms with van der Waals surface area (Å²) < 4.78 is 5.76. The topological polar surface area (TPSA) is 80.4 Å². The first-order chi connectivity index (χ1) is 14.3. The lowest BCUT2D eigenvalue weighted by atomic mass is 9.45. The van der Waals surface area contributed by atoms with Crippen molar-refractivity contribution in [3.63, 3.8) is 0 Å². The van der Waals surface area contributed by atoms with E-state index in [0.717, 1.165) is 23.4 Å². The number of nitrogens with one attached hydrogen (secondary N) is 1. The average Bonchev–Trinajstić information content (AvgIpc) is 3.30. The van der Waals surface area contributed by atoms with Crippen molar-refractivity contribution in [3.05, 3.63) is 35.2 Å². The van der Waals surface area contributed by atoms with Crippen molar-refractivity contribution in [2.75, 3.05) is 0 Å². The molecule has 1 aromatic heterocycles. The number of hydrogen-bond donors (Lipinski definition) is 1. The van der Waals surface area contributed by atoms with E-state index in [2.05, 4.69) is 41.3 Å². The van der Waals surface area contributed by atoms with E-state index in [1.54, 1.807) is 6.07 Å². The zero-order valence-electron chi connectivity index (χ0n) is 17.3. The summed E-state index contributed by atoms with van der Waals surface area (Å²) in [7, 11) is 0. The second-order valence-electron chi connectivity index (χ2n) is 9.25. The molecule has 6 rings (SSSR count). The summed E-state index contributed by atoms with van der Waals surface area (Å²) in [6.07, 6.45) is 2.83. The molecule has 1 N–H and O–H groups in total. The van der Waals surface area contributed by atoms with E-state index >= 15 is 0 Å². The highest BCUT2D eigenvalue weighted by Crippen LogP contribution is 2.61. The lowest BCUT2D eigenvalue weighted by molar-refractivity contribution is -0.117. The highest BCUT2D eigenvalue weighted by atomic mass is 35.5. The molecule has 0 radical (unpaired) electrons. The minimum atomic E-state index is -0.336. The number of thioether (sulfide) groups is 1. The Kier molecular flexibility index (Phi) is 4.93. The second kappa shape index (κ2) is 7.38. The van der Waals surface area contributed by atoms with Crippen LogP contribution in [0.25, 0.3) is 11.5 Å². The van der Waals surface area contributed by atoms with Crippen LogP contribution in [0.1, 0.15) is 39.5 Å². The maximum Gasteiger partial charge on any atom is 0.262 e. The van der Waals surface area contributed by atoms with Gasteiger partial charge in [0.2, 0.25) is 11.8 Å². The summed E-state index contributed by atoms with van der Waals surface area (Å²) >= 11 is 7.67. The maximum atomic E-state index is 12.5. The van der Waals surface area contributed by atoms with E-state index in [-0.39, 0.29) is 11.2 Å². The van der Waals surface area contributed by atoms with E-state index in [1.807, 2.05) is 18.2 Å². The molecule has 6 nitrogen and oxygen atoms in total. The molecule has 4 aliphatic rings. The number of amidine groups is 1. The number of aromatic nitrogens is 2. The van der Waals surface area contributed by atoms with Gasteiger partial charge in [0.1, 0.15) is 5.25 Å². The number of carbonyl (C=O) groups excluding carboxylic acids is 1. The van der Waals surface area contributed by atoms with Crippen molar-refractivity contribution in [1.82, 2.24) is 15.5 Å². The Morgan fingerprint density at radius 2 is 2.07 bits per heavy atom. The van der Waals surface area contributed by atoms with Crippen LogP contribution in [0, 0.1) is 23.2 Å². The SMILES string of the molecule is C[C@@H]1[C@H]2C[C@@H](C[C@H]1NC1=NC(=O)C(Cc3nnc(-c4ccccc4Cl)o3)S1)C2(C)C. The molecule has 5 atom stereocenters. The normalized spacial score (nSPS) is 31.9. The molecule has 0 saturated heterocycles. The molecule has 2 bridgehead atoms. The van der Waals surface area contributed by atoms with Gasteiger partial charge >= 0.3 is 0 Å². The number of rotatable bonds is 4. The molecule has 0 spiro atoms.